The Hall–Kier alpha value is -2.00. The summed E-state index contributed by atoms with van der Waals surface area (Å²) in [6.45, 7) is 3.00. The van der Waals surface area contributed by atoms with E-state index in [2.05, 4.69) is 0 Å². The lowest BCUT2D eigenvalue weighted by Gasteiger charge is -2.37. The smallest absolute Gasteiger partial charge is 0.380 e. The van der Waals surface area contributed by atoms with E-state index in [9.17, 15) is 23.1 Å². The lowest BCUT2D eigenvalue weighted by atomic mass is 9.72. The van der Waals surface area contributed by atoms with Crippen molar-refractivity contribution in [1.82, 2.24) is 0 Å². The number of hydrogen-bond donors (Lipinski definition) is 2. The number of alkyl halides is 3. The Balaban J connectivity index is 3.31. The zero-order chi connectivity index (χ0) is 17.2. The van der Waals surface area contributed by atoms with E-state index in [0.717, 1.165) is 0 Å². The molecule has 0 aliphatic heterocycles. The number of amides is 1. The molecule has 6 heteroatoms. The summed E-state index contributed by atoms with van der Waals surface area (Å²) < 4.78 is 39.5. The highest BCUT2D eigenvalue weighted by Gasteiger charge is 2.55. The molecule has 1 aromatic carbocycles. The number of nitrogens with two attached hydrogens (primary N) is 1. The number of carbonyl (C=O) groups excluding carboxylic acids is 1. The van der Waals surface area contributed by atoms with Crippen molar-refractivity contribution in [3.8, 4) is 12.3 Å². The summed E-state index contributed by atoms with van der Waals surface area (Å²) in [5, 5.41) is 9.99. The van der Waals surface area contributed by atoms with Gasteiger partial charge in [-0.05, 0) is 23.5 Å². The third-order valence-electron chi connectivity index (χ3n) is 3.58. The van der Waals surface area contributed by atoms with Gasteiger partial charge in [0.2, 0.25) is 5.91 Å². The Morgan fingerprint density at radius 2 is 1.86 bits per heavy atom. The molecule has 3 N–H and O–H groups in total. The van der Waals surface area contributed by atoms with Gasteiger partial charge in [-0.2, -0.15) is 13.2 Å². The van der Waals surface area contributed by atoms with E-state index in [1.807, 2.05) is 5.92 Å². The second kappa shape index (κ2) is 6.01. The molecule has 0 spiro atoms. The summed E-state index contributed by atoms with van der Waals surface area (Å²) >= 11 is 0. The minimum atomic E-state index is -4.88. The molecule has 1 rings (SSSR count). The molecule has 0 saturated heterocycles. The molecule has 0 aliphatic carbocycles. The van der Waals surface area contributed by atoms with Crippen LogP contribution in [0.15, 0.2) is 24.3 Å². The van der Waals surface area contributed by atoms with Crippen LogP contribution < -0.4 is 5.73 Å². The summed E-state index contributed by atoms with van der Waals surface area (Å²) in [6, 6.07) is 6.12. The molecule has 0 bridgehead atoms. The maximum Gasteiger partial charge on any atom is 0.418 e. The van der Waals surface area contributed by atoms with Crippen LogP contribution in [0.4, 0.5) is 13.2 Å². The molecular formula is C16H18F3NO2. The molecule has 0 heterocycles. The van der Waals surface area contributed by atoms with Crippen molar-refractivity contribution >= 4 is 5.91 Å². The van der Waals surface area contributed by atoms with Gasteiger partial charge in [-0.1, -0.05) is 32.0 Å². The second-order valence-corrected chi connectivity index (χ2v) is 5.88. The first-order valence-corrected chi connectivity index (χ1v) is 6.56. The number of benzene rings is 1. The average Bonchev–Trinajstić information content (AvgIpc) is 2.37. The topological polar surface area (TPSA) is 63.3 Å². The molecule has 1 atom stereocenters. The predicted molar refractivity (Wildman–Crippen MR) is 77.1 cm³/mol. The molecular weight excluding hydrogens is 295 g/mol. The van der Waals surface area contributed by atoms with Gasteiger partial charge in [0.25, 0.3) is 0 Å². The number of hydrogen-bond acceptors (Lipinski definition) is 2. The van der Waals surface area contributed by atoms with Gasteiger partial charge in [0.1, 0.15) is 0 Å². The van der Waals surface area contributed by atoms with Gasteiger partial charge >= 0.3 is 6.18 Å². The van der Waals surface area contributed by atoms with E-state index in [-0.39, 0.29) is 5.56 Å². The van der Waals surface area contributed by atoms with Gasteiger partial charge in [0.05, 0.1) is 0 Å². The molecule has 0 saturated carbocycles. The van der Waals surface area contributed by atoms with Crippen molar-refractivity contribution in [3.63, 3.8) is 0 Å². The summed E-state index contributed by atoms with van der Waals surface area (Å²) in [5.41, 5.74) is 1.53. The Kier molecular flexibility index (Phi) is 4.93. The van der Waals surface area contributed by atoms with Gasteiger partial charge in [-0.25, -0.2) is 0 Å². The second-order valence-electron chi connectivity index (χ2n) is 5.88. The molecule has 3 nitrogen and oxygen atoms in total. The largest absolute Gasteiger partial charge is 0.418 e. The van der Waals surface area contributed by atoms with Crippen LogP contribution in [0.1, 0.15) is 42.6 Å². The van der Waals surface area contributed by atoms with Gasteiger partial charge in [-0.3, -0.25) is 4.79 Å². The van der Waals surface area contributed by atoms with Gasteiger partial charge < -0.3 is 10.8 Å². The number of aliphatic hydroxyl groups is 1. The Morgan fingerprint density at radius 3 is 2.32 bits per heavy atom. The average molecular weight is 313 g/mol. The number of primary amides is 1. The summed E-state index contributed by atoms with van der Waals surface area (Å²) in [5.74, 6) is 1.12. The highest BCUT2D eigenvalue weighted by atomic mass is 19.4. The normalized spacial score (nSPS) is 15.0. The number of halogens is 3. The fraction of sp³-hybridized carbons (Fsp3) is 0.438. The van der Waals surface area contributed by atoms with E-state index in [0.29, 0.717) is 5.56 Å². The van der Waals surface area contributed by atoms with Crippen molar-refractivity contribution in [2.24, 2.45) is 5.73 Å². The van der Waals surface area contributed by atoms with Crippen LogP contribution in [0.25, 0.3) is 0 Å². The minimum absolute atomic E-state index is 0.123. The highest BCUT2D eigenvalue weighted by molar-refractivity contribution is 5.94. The van der Waals surface area contributed by atoms with Crippen LogP contribution in [0.3, 0.4) is 0 Å². The SMILES string of the molecule is C#CCC(O)(CC(C)(C)c1ccccc1C(N)=O)C(F)(F)F. The maximum absolute atomic E-state index is 13.2. The predicted octanol–water partition coefficient (Wildman–Crippen LogP) is 2.77. The van der Waals surface area contributed by atoms with Gasteiger partial charge in [0.15, 0.2) is 5.60 Å². The molecule has 0 aliphatic rings. The first kappa shape index (κ1) is 18.1. The van der Waals surface area contributed by atoms with E-state index in [1.54, 1.807) is 12.1 Å². The third kappa shape index (κ3) is 3.60. The Morgan fingerprint density at radius 1 is 1.32 bits per heavy atom. The standard InChI is InChI=1S/C16H18F3NO2/c1-4-9-15(22,16(17,18)19)10-14(2,3)12-8-6-5-7-11(12)13(20)21/h1,5-8,22H,9-10H2,2-3H3,(H2,20,21). The van der Waals surface area contributed by atoms with Crippen LogP contribution in [0.2, 0.25) is 0 Å². The summed E-state index contributed by atoms with van der Waals surface area (Å²) in [6.07, 6.45) is -1.46. The third-order valence-corrected chi connectivity index (χ3v) is 3.58. The first-order chi connectivity index (χ1) is 9.94. The van der Waals surface area contributed by atoms with Crippen molar-refractivity contribution in [3.05, 3.63) is 35.4 Å². The minimum Gasteiger partial charge on any atom is -0.380 e. The fourth-order valence-corrected chi connectivity index (χ4v) is 2.55. The van der Waals surface area contributed by atoms with Gasteiger partial charge in [-0.15, -0.1) is 12.3 Å². The molecule has 1 amide bonds. The van der Waals surface area contributed by atoms with Crippen molar-refractivity contribution < 1.29 is 23.1 Å². The van der Waals surface area contributed by atoms with Crippen molar-refractivity contribution in [2.45, 2.75) is 43.9 Å². The Labute approximate surface area is 127 Å². The summed E-state index contributed by atoms with van der Waals surface area (Å²) in [4.78, 5) is 11.5. The quantitative estimate of drug-likeness (QED) is 0.821. The number of terminal acetylenes is 1. The van der Waals surface area contributed by atoms with Crippen molar-refractivity contribution in [2.75, 3.05) is 0 Å². The lowest BCUT2D eigenvalue weighted by Crippen LogP contribution is -2.49. The molecule has 1 unspecified atom stereocenters. The van der Waals surface area contributed by atoms with E-state index < -0.39 is 35.9 Å². The molecule has 0 aromatic heterocycles. The molecule has 1 aromatic rings. The Bertz CT molecular complexity index is 602. The van der Waals surface area contributed by atoms with Gasteiger partial charge in [0, 0.05) is 12.0 Å². The van der Waals surface area contributed by atoms with E-state index in [4.69, 9.17) is 12.2 Å². The van der Waals surface area contributed by atoms with Crippen LogP contribution >= 0.6 is 0 Å². The highest BCUT2D eigenvalue weighted by Crippen LogP contribution is 2.43. The molecule has 0 fully saturated rings. The van der Waals surface area contributed by atoms with Crippen LogP contribution in [0, 0.1) is 12.3 Å². The lowest BCUT2D eigenvalue weighted by molar-refractivity contribution is -0.264. The van der Waals surface area contributed by atoms with Crippen LogP contribution in [-0.4, -0.2) is 22.8 Å². The molecule has 0 radical (unpaired) electrons. The van der Waals surface area contributed by atoms with Crippen molar-refractivity contribution in [1.29, 1.82) is 0 Å². The fourth-order valence-electron chi connectivity index (χ4n) is 2.55. The van der Waals surface area contributed by atoms with E-state index in [1.165, 1.54) is 26.0 Å². The first-order valence-electron chi connectivity index (χ1n) is 6.56. The molecule has 22 heavy (non-hydrogen) atoms. The van der Waals surface area contributed by atoms with Crippen LogP contribution in [0.5, 0.6) is 0 Å². The number of carbonyl (C=O) groups is 1. The zero-order valence-corrected chi connectivity index (χ0v) is 12.4. The zero-order valence-electron chi connectivity index (χ0n) is 12.4. The molecule has 120 valence electrons. The summed E-state index contributed by atoms with van der Waals surface area (Å²) in [7, 11) is 0. The van der Waals surface area contributed by atoms with E-state index >= 15 is 0 Å². The number of rotatable bonds is 5. The maximum atomic E-state index is 13.2. The van der Waals surface area contributed by atoms with Crippen LogP contribution in [-0.2, 0) is 5.41 Å². The monoisotopic (exact) mass is 313 g/mol.